The molecule has 1 aromatic carbocycles. The Labute approximate surface area is 108 Å². The first-order chi connectivity index (χ1) is 7.40. The molecule has 0 saturated carbocycles. The molecule has 0 aliphatic carbocycles. The van der Waals surface area contributed by atoms with Crippen molar-refractivity contribution in [1.29, 1.82) is 0 Å². The molecule has 1 N–H and O–H groups in total. The Morgan fingerprint density at radius 1 is 1.31 bits per heavy atom. The van der Waals surface area contributed by atoms with Gasteiger partial charge in [-0.1, -0.05) is 34.8 Å². The predicted octanol–water partition coefficient (Wildman–Crippen LogP) is 3.89. The van der Waals surface area contributed by atoms with Gasteiger partial charge in [-0.25, -0.2) is 0 Å². The monoisotopic (exact) mass is 282 g/mol. The molecule has 0 saturated heterocycles. The highest BCUT2D eigenvalue weighted by molar-refractivity contribution is 6.43. The van der Waals surface area contributed by atoms with Crippen LogP contribution >= 0.6 is 34.8 Å². The number of halogens is 3. The highest BCUT2D eigenvalue weighted by Crippen LogP contribution is 2.34. The van der Waals surface area contributed by atoms with Crippen LogP contribution < -0.4 is 4.74 Å². The van der Waals surface area contributed by atoms with Crippen LogP contribution in [0.4, 0.5) is 0 Å². The van der Waals surface area contributed by atoms with Gasteiger partial charge in [0.2, 0.25) is 0 Å². The number of carboxylic acid groups (broad SMARTS) is 1. The standard InChI is InChI=1S/C10H9Cl3O3/c1-5(2-10(14)15)16-9-4-7(12)6(11)3-8(9)13/h3-5H,2H2,1H3,(H,14,15)/t5-/m0/s1. The first-order valence-corrected chi connectivity index (χ1v) is 5.56. The molecule has 0 heterocycles. The average Bonchev–Trinajstić information content (AvgIpc) is 2.12. The Morgan fingerprint density at radius 3 is 2.44 bits per heavy atom. The van der Waals surface area contributed by atoms with Gasteiger partial charge in [0.1, 0.15) is 11.9 Å². The summed E-state index contributed by atoms with van der Waals surface area (Å²) in [6, 6.07) is 2.92. The predicted molar refractivity (Wildman–Crippen MR) is 63.8 cm³/mol. The molecule has 0 aromatic heterocycles. The van der Waals surface area contributed by atoms with E-state index >= 15 is 0 Å². The van der Waals surface area contributed by atoms with Crippen LogP contribution in [0.2, 0.25) is 15.1 Å². The third-order valence-corrected chi connectivity index (χ3v) is 2.78. The minimum atomic E-state index is -0.941. The molecule has 6 heteroatoms. The average molecular weight is 284 g/mol. The molecule has 1 atom stereocenters. The van der Waals surface area contributed by atoms with Gasteiger partial charge in [-0.15, -0.1) is 0 Å². The molecule has 0 spiro atoms. The van der Waals surface area contributed by atoms with Crippen molar-refractivity contribution >= 4 is 40.8 Å². The molecular formula is C10H9Cl3O3. The van der Waals surface area contributed by atoms with E-state index in [0.29, 0.717) is 20.8 Å². The number of aliphatic carboxylic acids is 1. The lowest BCUT2D eigenvalue weighted by molar-refractivity contribution is -0.138. The van der Waals surface area contributed by atoms with Crippen LogP contribution in [0.1, 0.15) is 13.3 Å². The zero-order chi connectivity index (χ0) is 12.3. The van der Waals surface area contributed by atoms with E-state index in [9.17, 15) is 4.79 Å². The topological polar surface area (TPSA) is 46.5 Å². The van der Waals surface area contributed by atoms with Crippen molar-refractivity contribution in [2.75, 3.05) is 0 Å². The summed E-state index contributed by atoms with van der Waals surface area (Å²) in [5.41, 5.74) is 0. The molecule has 0 aliphatic rings. The van der Waals surface area contributed by atoms with Crippen LogP contribution in [0.3, 0.4) is 0 Å². The van der Waals surface area contributed by atoms with Crippen LogP contribution in [0, 0.1) is 0 Å². The molecule has 0 fully saturated rings. The molecule has 1 rings (SSSR count). The Hall–Kier alpha value is -0.640. The molecule has 0 radical (unpaired) electrons. The summed E-state index contributed by atoms with van der Waals surface area (Å²) in [5, 5.41) is 9.50. The van der Waals surface area contributed by atoms with Crippen molar-refractivity contribution in [3.63, 3.8) is 0 Å². The first kappa shape index (κ1) is 13.4. The lowest BCUT2D eigenvalue weighted by Gasteiger charge is -2.14. The van der Waals surface area contributed by atoms with Gasteiger partial charge in [-0.05, 0) is 13.0 Å². The van der Waals surface area contributed by atoms with E-state index in [-0.39, 0.29) is 6.42 Å². The second-order valence-corrected chi connectivity index (χ2v) is 4.44. The highest BCUT2D eigenvalue weighted by Gasteiger charge is 2.13. The van der Waals surface area contributed by atoms with Gasteiger partial charge in [0.05, 0.1) is 21.5 Å². The number of carboxylic acids is 1. The second kappa shape index (κ2) is 5.62. The van der Waals surface area contributed by atoms with E-state index < -0.39 is 12.1 Å². The van der Waals surface area contributed by atoms with E-state index in [1.54, 1.807) is 6.92 Å². The van der Waals surface area contributed by atoms with Crippen molar-refractivity contribution in [3.05, 3.63) is 27.2 Å². The van der Waals surface area contributed by atoms with Gasteiger partial charge in [-0.3, -0.25) is 4.79 Å². The van der Waals surface area contributed by atoms with E-state index in [1.807, 2.05) is 0 Å². The molecular weight excluding hydrogens is 274 g/mol. The van der Waals surface area contributed by atoms with Crippen LogP contribution in [-0.4, -0.2) is 17.2 Å². The highest BCUT2D eigenvalue weighted by atomic mass is 35.5. The maximum absolute atomic E-state index is 10.4. The molecule has 0 unspecified atom stereocenters. The summed E-state index contributed by atoms with van der Waals surface area (Å²) in [6.45, 7) is 1.63. The third kappa shape index (κ3) is 3.74. The molecule has 0 amide bonds. The Kier molecular flexibility index (Phi) is 4.71. The SMILES string of the molecule is C[C@@H](CC(=O)O)Oc1cc(Cl)c(Cl)cc1Cl. The van der Waals surface area contributed by atoms with E-state index in [2.05, 4.69) is 0 Å². The van der Waals surface area contributed by atoms with E-state index in [4.69, 9.17) is 44.6 Å². The summed E-state index contributed by atoms with van der Waals surface area (Å²) >= 11 is 17.4. The summed E-state index contributed by atoms with van der Waals surface area (Å²) in [7, 11) is 0. The van der Waals surface area contributed by atoms with Gasteiger partial charge in [-0.2, -0.15) is 0 Å². The number of rotatable bonds is 4. The Morgan fingerprint density at radius 2 is 1.88 bits per heavy atom. The lowest BCUT2D eigenvalue weighted by Crippen LogP contribution is -2.16. The first-order valence-electron chi connectivity index (χ1n) is 4.43. The number of benzene rings is 1. The maximum atomic E-state index is 10.4. The quantitative estimate of drug-likeness (QED) is 0.853. The minimum Gasteiger partial charge on any atom is -0.488 e. The smallest absolute Gasteiger partial charge is 0.307 e. The van der Waals surface area contributed by atoms with Crippen LogP contribution in [0.25, 0.3) is 0 Å². The maximum Gasteiger partial charge on any atom is 0.307 e. The molecule has 3 nitrogen and oxygen atoms in total. The van der Waals surface area contributed by atoms with Crippen molar-refractivity contribution in [1.82, 2.24) is 0 Å². The zero-order valence-electron chi connectivity index (χ0n) is 8.34. The normalized spacial score (nSPS) is 12.2. The van der Waals surface area contributed by atoms with Crippen molar-refractivity contribution in [2.45, 2.75) is 19.4 Å². The van der Waals surface area contributed by atoms with E-state index in [0.717, 1.165) is 0 Å². The Balaban J connectivity index is 2.81. The fraction of sp³-hybridized carbons (Fsp3) is 0.300. The fourth-order valence-electron chi connectivity index (χ4n) is 1.10. The summed E-state index contributed by atoms with van der Waals surface area (Å²) in [6.07, 6.45) is -0.608. The minimum absolute atomic E-state index is 0.115. The largest absolute Gasteiger partial charge is 0.488 e. The van der Waals surface area contributed by atoms with Crippen molar-refractivity contribution in [3.8, 4) is 5.75 Å². The number of hydrogen-bond donors (Lipinski definition) is 1. The number of ether oxygens (including phenoxy) is 1. The molecule has 88 valence electrons. The Bertz CT molecular complexity index is 407. The van der Waals surface area contributed by atoms with Crippen LogP contribution in [-0.2, 0) is 4.79 Å². The van der Waals surface area contributed by atoms with Crippen molar-refractivity contribution in [2.24, 2.45) is 0 Å². The molecule has 16 heavy (non-hydrogen) atoms. The van der Waals surface area contributed by atoms with Gasteiger partial charge in [0, 0.05) is 6.07 Å². The molecule has 0 bridgehead atoms. The van der Waals surface area contributed by atoms with E-state index in [1.165, 1.54) is 12.1 Å². The van der Waals surface area contributed by atoms with Crippen LogP contribution in [0.5, 0.6) is 5.75 Å². The summed E-state index contributed by atoms with van der Waals surface area (Å²) < 4.78 is 5.34. The third-order valence-electron chi connectivity index (χ3n) is 1.77. The van der Waals surface area contributed by atoms with Gasteiger partial charge < -0.3 is 9.84 Å². The van der Waals surface area contributed by atoms with Gasteiger partial charge >= 0.3 is 5.97 Å². The zero-order valence-corrected chi connectivity index (χ0v) is 10.6. The lowest BCUT2D eigenvalue weighted by atomic mass is 10.3. The van der Waals surface area contributed by atoms with Crippen molar-refractivity contribution < 1.29 is 14.6 Å². The fourth-order valence-corrected chi connectivity index (χ4v) is 1.68. The number of hydrogen-bond acceptors (Lipinski definition) is 2. The van der Waals surface area contributed by atoms with Gasteiger partial charge in [0.25, 0.3) is 0 Å². The molecule has 0 aliphatic heterocycles. The number of carbonyl (C=O) groups is 1. The molecule has 1 aromatic rings. The summed E-state index contributed by atoms with van der Waals surface area (Å²) in [4.78, 5) is 10.4. The van der Waals surface area contributed by atoms with Gasteiger partial charge in [0.15, 0.2) is 0 Å². The second-order valence-electron chi connectivity index (χ2n) is 3.22. The van der Waals surface area contributed by atoms with Crippen LogP contribution in [0.15, 0.2) is 12.1 Å². The summed E-state index contributed by atoms with van der Waals surface area (Å²) in [5.74, 6) is -0.617.